The molecule has 35 heavy (non-hydrogen) atoms. The van der Waals surface area contributed by atoms with E-state index in [1.54, 1.807) is 6.20 Å². The summed E-state index contributed by atoms with van der Waals surface area (Å²) in [7, 11) is 0. The van der Waals surface area contributed by atoms with E-state index in [2.05, 4.69) is 29.5 Å². The van der Waals surface area contributed by atoms with Gasteiger partial charge in [-0.3, -0.25) is 9.59 Å². The van der Waals surface area contributed by atoms with Crippen molar-refractivity contribution in [1.29, 1.82) is 0 Å². The number of amides is 2. The van der Waals surface area contributed by atoms with Crippen molar-refractivity contribution >= 4 is 44.8 Å². The van der Waals surface area contributed by atoms with Gasteiger partial charge in [0.1, 0.15) is 0 Å². The molecule has 0 aliphatic heterocycles. The van der Waals surface area contributed by atoms with E-state index in [4.69, 9.17) is 4.98 Å². The fourth-order valence-corrected chi connectivity index (χ4v) is 7.69. The van der Waals surface area contributed by atoms with Crippen LogP contribution >= 0.6 is 22.7 Å². The zero-order valence-corrected chi connectivity index (χ0v) is 22.3. The highest BCUT2D eigenvalue weighted by Gasteiger charge is 2.59. The molecule has 8 nitrogen and oxygen atoms in total. The van der Waals surface area contributed by atoms with Crippen LogP contribution < -0.4 is 10.6 Å². The SMILES string of the molecule is CCCCCC(=O)Nc1nc2c(s1)C[C@@H]1[C@](C)(CO)[C@H](O)CC[C@@]1(C)[C@@H]2CC(=O)Nc1nccs1. The summed E-state index contributed by atoms with van der Waals surface area (Å²) in [6, 6.07) is 0. The molecule has 0 unspecified atom stereocenters. The maximum absolute atomic E-state index is 13.1. The molecule has 2 aromatic heterocycles. The lowest BCUT2D eigenvalue weighted by Crippen LogP contribution is -2.57. The minimum absolute atomic E-state index is 0.0255. The van der Waals surface area contributed by atoms with Crippen LogP contribution in [0.15, 0.2) is 11.6 Å². The van der Waals surface area contributed by atoms with Crippen LogP contribution in [0.1, 0.15) is 82.2 Å². The summed E-state index contributed by atoms with van der Waals surface area (Å²) in [5, 5.41) is 30.1. The van der Waals surface area contributed by atoms with Crippen LogP contribution in [0.5, 0.6) is 0 Å². The van der Waals surface area contributed by atoms with E-state index in [1.807, 2.05) is 12.3 Å². The molecule has 0 aromatic carbocycles. The number of unbranched alkanes of at least 4 members (excludes halogenated alkanes) is 2. The van der Waals surface area contributed by atoms with Crippen molar-refractivity contribution < 1.29 is 19.8 Å². The molecule has 4 rings (SSSR count). The van der Waals surface area contributed by atoms with Gasteiger partial charge in [0.05, 0.1) is 18.4 Å². The molecular formula is C25H36N4O4S2. The first-order chi connectivity index (χ1) is 16.7. The third-order valence-electron chi connectivity index (χ3n) is 8.22. The van der Waals surface area contributed by atoms with E-state index in [0.29, 0.717) is 29.5 Å². The van der Waals surface area contributed by atoms with Crippen molar-refractivity contribution in [2.24, 2.45) is 16.7 Å². The van der Waals surface area contributed by atoms with Gasteiger partial charge in [0.2, 0.25) is 11.8 Å². The zero-order valence-electron chi connectivity index (χ0n) is 20.7. The number of carbonyl (C=O) groups excluding carboxylic acids is 2. The van der Waals surface area contributed by atoms with Crippen LogP contribution in [0.2, 0.25) is 0 Å². The number of thiazole rings is 2. The predicted octanol–water partition coefficient (Wildman–Crippen LogP) is 4.56. The monoisotopic (exact) mass is 520 g/mol. The summed E-state index contributed by atoms with van der Waals surface area (Å²) in [5.74, 6) is -0.395. The lowest BCUT2D eigenvalue weighted by atomic mass is 9.47. The number of hydrogen-bond donors (Lipinski definition) is 4. The van der Waals surface area contributed by atoms with Gasteiger partial charge in [-0.25, -0.2) is 9.97 Å². The summed E-state index contributed by atoms with van der Waals surface area (Å²) in [5.41, 5.74) is -0.147. The van der Waals surface area contributed by atoms with Gasteiger partial charge in [0.15, 0.2) is 10.3 Å². The van der Waals surface area contributed by atoms with Crippen LogP contribution in [0.4, 0.5) is 10.3 Å². The Hall–Kier alpha value is -1.88. The molecule has 2 aliphatic carbocycles. The molecule has 0 spiro atoms. The summed E-state index contributed by atoms with van der Waals surface area (Å²) in [4.78, 5) is 35.6. The number of anilines is 2. The molecule has 2 aromatic rings. The molecule has 1 fully saturated rings. The van der Waals surface area contributed by atoms with Gasteiger partial charge in [-0.1, -0.05) is 33.6 Å². The molecule has 2 amide bonds. The summed E-state index contributed by atoms with van der Waals surface area (Å²) in [6.45, 7) is 6.11. The van der Waals surface area contributed by atoms with Gasteiger partial charge in [-0.2, -0.15) is 0 Å². The summed E-state index contributed by atoms with van der Waals surface area (Å²) >= 11 is 2.83. The lowest BCUT2D eigenvalue weighted by molar-refractivity contribution is -0.143. The minimum atomic E-state index is -0.678. The second-order valence-corrected chi connectivity index (χ2v) is 12.4. The van der Waals surface area contributed by atoms with Crippen LogP contribution in [0, 0.1) is 16.7 Å². The van der Waals surface area contributed by atoms with Crippen LogP contribution in [-0.2, 0) is 16.0 Å². The highest BCUT2D eigenvalue weighted by atomic mass is 32.1. The third-order valence-corrected chi connectivity index (χ3v) is 9.91. The normalized spacial score (nSPS) is 29.8. The smallest absolute Gasteiger partial charge is 0.226 e. The van der Waals surface area contributed by atoms with Crippen LogP contribution in [0.25, 0.3) is 0 Å². The Balaban J connectivity index is 1.65. The van der Waals surface area contributed by atoms with Gasteiger partial charge < -0.3 is 20.8 Å². The topological polar surface area (TPSA) is 124 Å². The molecule has 0 bridgehead atoms. The van der Waals surface area contributed by atoms with E-state index in [9.17, 15) is 19.8 Å². The molecule has 1 saturated carbocycles. The molecule has 0 saturated heterocycles. The van der Waals surface area contributed by atoms with Gasteiger partial charge in [0, 0.05) is 40.6 Å². The maximum atomic E-state index is 13.1. The number of hydrogen-bond acceptors (Lipinski definition) is 8. The number of aromatic nitrogens is 2. The largest absolute Gasteiger partial charge is 0.396 e. The summed E-state index contributed by atoms with van der Waals surface area (Å²) in [6.07, 6.45) is 6.61. The van der Waals surface area contributed by atoms with Crippen molar-refractivity contribution in [3.63, 3.8) is 0 Å². The Morgan fingerprint density at radius 3 is 2.66 bits per heavy atom. The Labute approximate surface area is 214 Å². The Morgan fingerprint density at radius 2 is 1.97 bits per heavy atom. The zero-order chi connectivity index (χ0) is 25.2. The number of fused-ring (bicyclic) bond motifs is 2. The highest BCUT2D eigenvalue weighted by Crippen LogP contribution is 2.62. The first kappa shape index (κ1) is 26.2. The second-order valence-electron chi connectivity index (χ2n) is 10.5. The number of aliphatic hydroxyl groups excluding tert-OH is 2. The third kappa shape index (κ3) is 5.16. The van der Waals surface area contributed by atoms with Crippen molar-refractivity contribution in [2.45, 2.75) is 84.2 Å². The van der Waals surface area contributed by atoms with Gasteiger partial charge in [-0.15, -0.1) is 22.7 Å². The highest BCUT2D eigenvalue weighted by molar-refractivity contribution is 7.16. The molecular weight excluding hydrogens is 484 g/mol. The van der Waals surface area contributed by atoms with E-state index in [-0.39, 0.29) is 42.1 Å². The standard InChI is InChI=1S/C25H36N4O4S2/c1-4-5-6-7-19(32)27-23-29-21-15(12-20(33)28-22-26-10-11-34-22)24(2)9-8-18(31)25(3,14-30)17(24)13-16(21)35-23/h10-11,15,17-18,30-31H,4-9,12-14H2,1-3H3,(H,26,28,33)(H,27,29,32)/t15-,17+,18-,24+,25+/m1/s1. The van der Waals surface area contributed by atoms with E-state index in [1.165, 1.54) is 22.7 Å². The number of rotatable bonds is 9. The molecule has 5 atom stereocenters. The fourth-order valence-electron chi connectivity index (χ4n) is 6.06. The predicted molar refractivity (Wildman–Crippen MR) is 139 cm³/mol. The number of nitrogens with one attached hydrogen (secondary N) is 2. The fraction of sp³-hybridized carbons (Fsp3) is 0.680. The molecule has 10 heteroatoms. The molecule has 4 N–H and O–H groups in total. The first-order valence-corrected chi connectivity index (χ1v) is 14.2. The molecule has 2 aliphatic rings. The maximum Gasteiger partial charge on any atom is 0.226 e. The van der Waals surface area contributed by atoms with E-state index < -0.39 is 11.5 Å². The number of carbonyl (C=O) groups is 2. The Morgan fingerprint density at radius 1 is 1.20 bits per heavy atom. The van der Waals surface area contributed by atoms with Crippen LogP contribution in [-0.4, -0.2) is 44.7 Å². The van der Waals surface area contributed by atoms with Crippen molar-refractivity contribution in [2.75, 3.05) is 17.2 Å². The quantitative estimate of drug-likeness (QED) is 0.359. The van der Waals surface area contributed by atoms with Gasteiger partial charge in [0.25, 0.3) is 0 Å². The average molecular weight is 521 g/mol. The van der Waals surface area contributed by atoms with Crippen molar-refractivity contribution in [1.82, 2.24) is 9.97 Å². The second kappa shape index (κ2) is 10.6. The van der Waals surface area contributed by atoms with Gasteiger partial charge in [-0.05, 0) is 37.0 Å². The van der Waals surface area contributed by atoms with Crippen molar-refractivity contribution in [3.05, 3.63) is 22.1 Å². The Kier molecular flexibility index (Phi) is 7.95. The van der Waals surface area contributed by atoms with E-state index >= 15 is 0 Å². The average Bonchev–Trinajstić information content (AvgIpc) is 3.47. The first-order valence-electron chi connectivity index (χ1n) is 12.5. The lowest BCUT2D eigenvalue weighted by Gasteiger charge is -2.58. The molecule has 192 valence electrons. The van der Waals surface area contributed by atoms with Crippen LogP contribution in [0.3, 0.4) is 0 Å². The molecule has 2 heterocycles. The van der Waals surface area contributed by atoms with E-state index in [0.717, 1.165) is 36.3 Å². The Bertz CT molecular complexity index is 1040. The summed E-state index contributed by atoms with van der Waals surface area (Å²) < 4.78 is 0. The van der Waals surface area contributed by atoms with Crippen molar-refractivity contribution in [3.8, 4) is 0 Å². The minimum Gasteiger partial charge on any atom is -0.396 e. The number of nitrogens with zero attached hydrogens (tertiary/aromatic N) is 2. The molecule has 0 radical (unpaired) electrons. The van der Waals surface area contributed by atoms with Gasteiger partial charge >= 0.3 is 0 Å². The number of aliphatic hydroxyl groups is 2.